The van der Waals surface area contributed by atoms with Crippen molar-refractivity contribution in [2.45, 2.75) is 6.61 Å². The van der Waals surface area contributed by atoms with Crippen molar-refractivity contribution in [2.75, 3.05) is 0 Å². The van der Waals surface area contributed by atoms with Crippen molar-refractivity contribution in [2.24, 2.45) is 0 Å². The highest BCUT2D eigenvalue weighted by atomic mass is 16.5. The van der Waals surface area contributed by atoms with Crippen molar-refractivity contribution in [3.8, 4) is 17.1 Å². The maximum absolute atomic E-state index is 11.5. The first-order valence-corrected chi connectivity index (χ1v) is 6.11. The van der Waals surface area contributed by atoms with Crippen LogP contribution in [0.5, 0.6) is 5.75 Å². The minimum absolute atomic E-state index is 0.334. The van der Waals surface area contributed by atoms with E-state index in [-0.39, 0.29) is 5.63 Å². The van der Waals surface area contributed by atoms with Gasteiger partial charge in [-0.2, -0.15) is 0 Å². The summed E-state index contributed by atoms with van der Waals surface area (Å²) in [6.07, 6.45) is 0. The molecule has 0 unspecified atom stereocenters. The normalized spacial score (nSPS) is 12.6. The molecule has 0 spiro atoms. The third-order valence-corrected chi connectivity index (χ3v) is 3.42. The highest BCUT2D eigenvalue weighted by Crippen LogP contribution is 2.41. The van der Waals surface area contributed by atoms with Crippen LogP contribution >= 0.6 is 0 Å². The Morgan fingerprint density at radius 3 is 2.79 bits per heavy atom. The predicted octanol–water partition coefficient (Wildman–Crippen LogP) is 3.35. The second-order valence-corrected chi connectivity index (χ2v) is 4.56. The average molecular weight is 250 g/mol. The Bertz CT molecular complexity index is 846. The zero-order valence-electron chi connectivity index (χ0n) is 10.1. The molecule has 1 aromatic heterocycles. The van der Waals surface area contributed by atoms with E-state index < -0.39 is 0 Å². The number of fused-ring (bicyclic) bond motifs is 5. The van der Waals surface area contributed by atoms with Crippen LogP contribution in [-0.2, 0) is 6.61 Å². The molecule has 0 atom stereocenters. The van der Waals surface area contributed by atoms with E-state index in [0.717, 1.165) is 27.6 Å². The summed E-state index contributed by atoms with van der Waals surface area (Å²) in [5.74, 6) is 1.39. The Balaban J connectivity index is 2.17. The third kappa shape index (κ3) is 1.48. The zero-order valence-corrected chi connectivity index (χ0v) is 10.1. The lowest BCUT2D eigenvalue weighted by atomic mass is 9.97. The van der Waals surface area contributed by atoms with Gasteiger partial charge in [0, 0.05) is 11.6 Å². The molecule has 3 aromatic rings. The number of hydrogen-bond donors (Lipinski definition) is 0. The fourth-order valence-corrected chi connectivity index (χ4v) is 2.53. The Kier molecular flexibility index (Phi) is 2.03. The molecule has 0 N–H and O–H groups in total. The van der Waals surface area contributed by atoms with E-state index in [1.807, 2.05) is 36.4 Å². The van der Waals surface area contributed by atoms with Crippen LogP contribution in [0, 0.1) is 0 Å². The predicted molar refractivity (Wildman–Crippen MR) is 72.3 cm³/mol. The molecule has 0 saturated heterocycles. The van der Waals surface area contributed by atoms with E-state index in [0.29, 0.717) is 12.4 Å². The molecule has 1 aliphatic rings. The summed E-state index contributed by atoms with van der Waals surface area (Å²) in [6.45, 7) is 0.435. The first-order valence-electron chi connectivity index (χ1n) is 6.11. The molecule has 2 heterocycles. The molecule has 0 fully saturated rings. The first-order chi connectivity index (χ1) is 9.33. The lowest BCUT2D eigenvalue weighted by molar-refractivity contribution is 0.294. The van der Waals surface area contributed by atoms with Gasteiger partial charge in [0.2, 0.25) is 0 Å². The van der Waals surface area contributed by atoms with Gasteiger partial charge in [-0.05, 0) is 22.9 Å². The van der Waals surface area contributed by atoms with Gasteiger partial charge in [0.15, 0.2) is 0 Å². The van der Waals surface area contributed by atoms with Gasteiger partial charge in [-0.25, -0.2) is 4.79 Å². The summed E-state index contributed by atoms with van der Waals surface area (Å²) in [5.41, 5.74) is 1.44. The maximum atomic E-state index is 11.5. The fraction of sp³-hybridized carbons (Fsp3) is 0.0625. The van der Waals surface area contributed by atoms with Crippen LogP contribution in [0.15, 0.2) is 57.7 Å². The monoisotopic (exact) mass is 250 g/mol. The number of benzene rings is 2. The van der Waals surface area contributed by atoms with Crippen LogP contribution in [-0.4, -0.2) is 0 Å². The molecule has 92 valence electrons. The summed E-state index contributed by atoms with van der Waals surface area (Å²) in [4.78, 5) is 11.5. The second kappa shape index (κ2) is 3.72. The SMILES string of the molecule is O=c1ccc2c(o1)-c1c(ccc3ccccc13)OC2. The molecule has 4 rings (SSSR count). The van der Waals surface area contributed by atoms with Gasteiger partial charge in [-0.15, -0.1) is 0 Å². The lowest BCUT2D eigenvalue weighted by Gasteiger charge is -2.20. The molecule has 2 aromatic carbocycles. The van der Waals surface area contributed by atoms with Gasteiger partial charge in [0.1, 0.15) is 18.1 Å². The largest absolute Gasteiger partial charge is 0.488 e. The highest BCUT2D eigenvalue weighted by molar-refractivity contribution is 5.99. The summed E-state index contributed by atoms with van der Waals surface area (Å²) in [5, 5.41) is 2.14. The summed E-state index contributed by atoms with van der Waals surface area (Å²) < 4.78 is 11.1. The third-order valence-electron chi connectivity index (χ3n) is 3.42. The van der Waals surface area contributed by atoms with Gasteiger partial charge in [0.25, 0.3) is 0 Å². The van der Waals surface area contributed by atoms with Gasteiger partial charge in [-0.3, -0.25) is 0 Å². The fourth-order valence-electron chi connectivity index (χ4n) is 2.53. The molecule has 0 aliphatic carbocycles. The number of ether oxygens (including phenoxy) is 1. The molecular weight excluding hydrogens is 240 g/mol. The molecule has 19 heavy (non-hydrogen) atoms. The van der Waals surface area contributed by atoms with Crippen LogP contribution in [0.2, 0.25) is 0 Å². The molecule has 0 radical (unpaired) electrons. The van der Waals surface area contributed by atoms with Crippen molar-refractivity contribution in [3.63, 3.8) is 0 Å². The van der Waals surface area contributed by atoms with Crippen molar-refractivity contribution in [1.82, 2.24) is 0 Å². The zero-order chi connectivity index (χ0) is 12.8. The van der Waals surface area contributed by atoms with E-state index in [4.69, 9.17) is 9.15 Å². The van der Waals surface area contributed by atoms with Crippen LogP contribution in [0.3, 0.4) is 0 Å². The Hall–Kier alpha value is -2.55. The van der Waals surface area contributed by atoms with Gasteiger partial charge in [-0.1, -0.05) is 30.3 Å². The van der Waals surface area contributed by atoms with E-state index in [1.165, 1.54) is 6.07 Å². The van der Waals surface area contributed by atoms with Crippen molar-refractivity contribution < 1.29 is 9.15 Å². The minimum atomic E-state index is -0.334. The topological polar surface area (TPSA) is 39.4 Å². The Morgan fingerprint density at radius 1 is 0.947 bits per heavy atom. The average Bonchev–Trinajstić information content (AvgIpc) is 2.46. The van der Waals surface area contributed by atoms with Crippen molar-refractivity contribution >= 4 is 10.8 Å². The first kappa shape index (κ1) is 10.4. The van der Waals surface area contributed by atoms with Crippen LogP contribution in [0.25, 0.3) is 22.1 Å². The highest BCUT2D eigenvalue weighted by Gasteiger charge is 2.22. The Labute approximate surface area is 109 Å². The molecule has 0 bridgehead atoms. The summed E-state index contributed by atoms with van der Waals surface area (Å²) >= 11 is 0. The summed E-state index contributed by atoms with van der Waals surface area (Å²) in [6, 6.07) is 15.1. The smallest absolute Gasteiger partial charge is 0.336 e. The maximum Gasteiger partial charge on any atom is 0.336 e. The van der Waals surface area contributed by atoms with E-state index in [2.05, 4.69) is 0 Å². The lowest BCUT2D eigenvalue weighted by Crippen LogP contribution is -2.09. The van der Waals surface area contributed by atoms with Crippen LogP contribution in [0.1, 0.15) is 5.56 Å². The van der Waals surface area contributed by atoms with Gasteiger partial charge >= 0.3 is 5.63 Å². The molecular formula is C16H10O3. The molecule has 3 nitrogen and oxygen atoms in total. The second-order valence-electron chi connectivity index (χ2n) is 4.56. The Morgan fingerprint density at radius 2 is 1.84 bits per heavy atom. The molecule has 1 aliphatic heterocycles. The van der Waals surface area contributed by atoms with E-state index >= 15 is 0 Å². The van der Waals surface area contributed by atoms with Gasteiger partial charge in [0.05, 0.1) is 5.56 Å². The van der Waals surface area contributed by atoms with Crippen molar-refractivity contribution in [1.29, 1.82) is 0 Å². The van der Waals surface area contributed by atoms with Gasteiger partial charge < -0.3 is 9.15 Å². The van der Waals surface area contributed by atoms with Crippen LogP contribution in [0.4, 0.5) is 0 Å². The van der Waals surface area contributed by atoms with Crippen molar-refractivity contribution in [3.05, 3.63) is 64.5 Å². The van der Waals surface area contributed by atoms with E-state index in [1.54, 1.807) is 6.07 Å². The summed E-state index contributed by atoms with van der Waals surface area (Å²) in [7, 11) is 0. The molecule has 0 amide bonds. The minimum Gasteiger partial charge on any atom is -0.488 e. The standard InChI is InChI=1S/C16H10O3/c17-14-8-6-11-9-18-13-7-5-10-3-1-2-4-12(10)15(13)16(11)19-14/h1-8H,9H2. The number of hydrogen-bond acceptors (Lipinski definition) is 3. The quantitative estimate of drug-likeness (QED) is 0.614. The van der Waals surface area contributed by atoms with E-state index in [9.17, 15) is 4.79 Å². The molecule has 0 saturated carbocycles. The molecule has 3 heteroatoms. The van der Waals surface area contributed by atoms with Crippen LogP contribution < -0.4 is 10.4 Å². The number of rotatable bonds is 0.